The first-order valence-electron chi connectivity index (χ1n) is 9.61. The van der Waals surface area contributed by atoms with Gasteiger partial charge in [-0.1, -0.05) is 18.1 Å². The summed E-state index contributed by atoms with van der Waals surface area (Å²) in [5, 5.41) is 8.61. The van der Waals surface area contributed by atoms with Crippen LogP contribution in [0.2, 0.25) is 0 Å². The first kappa shape index (κ1) is 17.3. The number of ether oxygens (including phenoxy) is 1. The SMILES string of the molecule is COc1cc2c(cc1C(N)=O)nnn2CC1CCCCCN1CC1CC1. The fraction of sp³-hybridized carbons (Fsp3) is 0.632. The molecule has 0 bridgehead atoms. The Morgan fingerprint density at radius 3 is 2.81 bits per heavy atom. The van der Waals surface area contributed by atoms with Crippen LogP contribution >= 0.6 is 0 Å². The molecular formula is C19H27N5O2. The summed E-state index contributed by atoms with van der Waals surface area (Å²) in [6, 6.07) is 4.00. The second-order valence-electron chi connectivity index (χ2n) is 7.62. The zero-order valence-corrected chi connectivity index (χ0v) is 15.4. The molecule has 1 aromatic carbocycles. The van der Waals surface area contributed by atoms with E-state index >= 15 is 0 Å². The van der Waals surface area contributed by atoms with Gasteiger partial charge in [0.25, 0.3) is 5.91 Å². The quantitative estimate of drug-likeness (QED) is 0.856. The number of carbonyl (C=O) groups is 1. The Morgan fingerprint density at radius 2 is 2.08 bits per heavy atom. The second-order valence-corrected chi connectivity index (χ2v) is 7.62. The van der Waals surface area contributed by atoms with Gasteiger partial charge in [0.05, 0.1) is 24.7 Å². The lowest BCUT2D eigenvalue weighted by Crippen LogP contribution is -2.39. The summed E-state index contributed by atoms with van der Waals surface area (Å²) < 4.78 is 7.31. The molecule has 2 aliphatic rings. The van der Waals surface area contributed by atoms with Crippen molar-refractivity contribution >= 4 is 16.9 Å². The largest absolute Gasteiger partial charge is 0.496 e. The Labute approximate surface area is 153 Å². The zero-order chi connectivity index (χ0) is 18.1. The molecule has 1 atom stereocenters. The van der Waals surface area contributed by atoms with Gasteiger partial charge in [0.15, 0.2) is 0 Å². The third-order valence-corrected chi connectivity index (χ3v) is 5.67. The fourth-order valence-electron chi connectivity index (χ4n) is 4.01. The van der Waals surface area contributed by atoms with Crippen LogP contribution in [-0.4, -0.2) is 52.0 Å². The minimum absolute atomic E-state index is 0.344. The van der Waals surface area contributed by atoms with Crippen molar-refractivity contribution in [2.24, 2.45) is 11.7 Å². The molecule has 2 aromatic rings. The molecule has 2 fully saturated rings. The number of carbonyl (C=O) groups excluding carboxylic acids is 1. The molecule has 26 heavy (non-hydrogen) atoms. The van der Waals surface area contributed by atoms with E-state index in [4.69, 9.17) is 10.5 Å². The maximum Gasteiger partial charge on any atom is 0.252 e. The van der Waals surface area contributed by atoms with E-state index in [2.05, 4.69) is 15.2 Å². The van der Waals surface area contributed by atoms with Crippen LogP contribution in [0.25, 0.3) is 11.0 Å². The Balaban J connectivity index is 1.61. The Bertz CT molecular complexity index is 799. The number of hydrogen-bond donors (Lipinski definition) is 1. The van der Waals surface area contributed by atoms with E-state index in [1.165, 1.54) is 51.6 Å². The van der Waals surface area contributed by atoms with Crippen LogP contribution in [0.5, 0.6) is 5.75 Å². The minimum Gasteiger partial charge on any atom is -0.496 e. The molecule has 0 radical (unpaired) electrons. The van der Waals surface area contributed by atoms with E-state index in [1.807, 2.05) is 10.7 Å². The average Bonchev–Trinajstić information content (AvgIpc) is 3.41. The summed E-state index contributed by atoms with van der Waals surface area (Å²) >= 11 is 0. The highest BCUT2D eigenvalue weighted by Crippen LogP contribution is 2.32. The van der Waals surface area contributed by atoms with E-state index in [1.54, 1.807) is 13.2 Å². The van der Waals surface area contributed by atoms with Gasteiger partial charge in [0, 0.05) is 18.7 Å². The number of likely N-dealkylation sites (tertiary alicyclic amines) is 1. The van der Waals surface area contributed by atoms with Crippen molar-refractivity contribution in [3.8, 4) is 5.75 Å². The number of nitrogens with zero attached hydrogens (tertiary/aromatic N) is 4. The highest BCUT2D eigenvalue weighted by atomic mass is 16.5. The number of nitrogens with two attached hydrogens (primary N) is 1. The number of methoxy groups -OCH3 is 1. The maximum absolute atomic E-state index is 11.6. The summed E-state index contributed by atoms with van der Waals surface area (Å²) in [6.07, 6.45) is 7.83. The summed E-state index contributed by atoms with van der Waals surface area (Å²) in [5.74, 6) is 0.850. The third-order valence-electron chi connectivity index (χ3n) is 5.67. The Hall–Kier alpha value is -2.15. The van der Waals surface area contributed by atoms with Gasteiger partial charge in [-0.25, -0.2) is 4.68 Å². The molecule has 1 aliphatic heterocycles. The molecule has 4 rings (SSSR count). The number of benzene rings is 1. The predicted octanol–water partition coefficient (Wildman–Crippen LogP) is 2.19. The van der Waals surface area contributed by atoms with Crippen molar-refractivity contribution in [2.45, 2.75) is 51.1 Å². The van der Waals surface area contributed by atoms with Crippen molar-refractivity contribution < 1.29 is 9.53 Å². The van der Waals surface area contributed by atoms with Crippen LogP contribution in [0.3, 0.4) is 0 Å². The molecule has 1 saturated heterocycles. The fourth-order valence-corrected chi connectivity index (χ4v) is 4.01. The number of aromatic nitrogens is 3. The van der Waals surface area contributed by atoms with Gasteiger partial charge in [-0.05, 0) is 44.2 Å². The van der Waals surface area contributed by atoms with Crippen LogP contribution in [0.1, 0.15) is 48.9 Å². The maximum atomic E-state index is 11.6. The molecule has 1 aromatic heterocycles. The summed E-state index contributed by atoms with van der Waals surface area (Å²) in [6.45, 7) is 3.22. The average molecular weight is 357 g/mol. The van der Waals surface area contributed by atoms with Crippen LogP contribution in [0, 0.1) is 5.92 Å². The molecule has 140 valence electrons. The van der Waals surface area contributed by atoms with E-state index in [-0.39, 0.29) is 0 Å². The Morgan fingerprint density at radius 1 is 1.23 bits per heavy atom. The summed E-state index contributed by atoms with van der Waals surface area (Å²) in [4.78, 5) is 14.3. The molecule has 0 spiro atoms. The standard InChI is InChI=1S/C19H27N5O2/c1-26-18-10-17-16(9-15(18)19(20)25)21-22-24(17)12-14-5-3-2-4-8-23(14)11-13-6-7-13/h9-10,13-14H,2-8,11-12H2,1H3,(H2,20,25). The van der Waals surface area contributed by atoms with E-state index in [0.29, 0.717) is 22.9 Å². The van der Waals surface area contributed by atoms with Gasteiger partial charge in [-0.3, -0.25) is 9.69 Å². The van der Waals surface area contributed by atoms with Crippen LogP contribution in [-0.2, 0) is 6.54 Å². The molecule has 1 unspecified atom stereocenters. The predicted molar refractivity (Wildman–Crippen MR) is 99.2 cm³/mol. The summed E-state index contributed by atoms with van der Waals surface area (Å²) in [7, 11) is 1.55. The first-order chi connectivity index (χ1) is 12.7. The molecule has 7 heteroatoms. The molecule has 2 N–H and O–H groups in total. The van der Waals surface area contributed by atoms with Gasteiger partial charge < -0.3 is 10.5 Å². The summed E-state index contributed by atoms with van der Waals surface area (Å²) in [5.41, 5.74) is 7.36. The van der Waals surface area contributed by atoms with Crippen molar-refractivity contribution in [2.75, 3.05) is 20.2 Å². The second kappa shape index (κ2) is 7.23. The number of primary amides is 1. The first-order valence-corrected chi connectivity index (χ1v) is 9.61. The van der Waals surface area contributed by atoms with E-state index in [9.17, 15) is 4.79 Å². The number of rotatable bonds is 6. The molecule has 1 aliphatic carbocycles. The lowest BCUT2D eigenvalue weighted by molar-refractivity contribution is 0.0997. The van der Waals surface area contributed by atoms with Crippen LogP contribution < -0.4 is 10.5 Å². The van der Waals surface area contributed by atoms with Gasteiger partial charge in [-0.2, -0.15) is 0 Å². The highest BCUT2D eigenvalue weighted by molar-refractivity contribution is 5.99. The molecule has 1 saturated carbocycles. The third kappa shape index (κ3) is 3.53. The highest BCUT2D eigenvalue weighted by Gasteiger charge is 2.29. The van der Waals surface area contributed by atoms with Crippen molar-refractivity contribution in [1.29, 1.82) is 0 Å². The lowest BCUT2D eigenvalue weighted by Gasteiger charge is -2.30. The Kier molecular flexibility index (Phi) is 4.80. The monoisotopic (exact) mass is 357 g/mol. The number of hydrogen-bond acceptors (Lipinski definition) is 5. The molecule has 1 amide bonds. The minimum atomic E-state index is -0.516. The number of amides is 1. The van der Waals surface area contributed by atoms with Crippen molar-refractivity contribution in [1.82, 2.24) is 19.9 Å². The van der Waals surface area contributed by atoms with Gasteiger partial charge >= 0.3 is 0 Å². The van der Waals surface area contributed by atoms with Gasteiger partial charge in [-0.15, -0.1) is 5.10 Å². The molecule has 2 heterocycles. The molecular weight excluding hydrogens is 330 g/mol. The van der Waals surface area contributed by atoms with Crippen molar-refractivity contribution in [3.05, 3.63) is 17.7 Å². The normalized spacial score (nSPS) is 21.7. The van der Waals surface area contributed by atoms with Crippen molar-refractivity contribution in [3.63, 3.8) is 0 Å². The lowest BCUT2D eigenvalue weighted by atomic mass is 10.1. The van der Waals surface area contributed by atoms with E-state index in [0.717, 1.165) is 18.0 Å². The topological polar surface area (TPSA) is 86.3 Å². The zero-order valence-electron chi connectivity index (χ0n) is 15.4. The molecule has 7 nitrogen and oxygen atoms in total. The van der Waals surface area contributed by atoms with Crippen LogP contribution in [0.15, 0.2) is 12.1 Å². The van der Waals surface area contributed by atoms with Gasteiger partial charge in [0.1, 0.15) is 11.3 Å². The van der Waals surface area contributed by atoms with Gasteiger partial charge in [0.2, 0.25) is 0 Å². The van der Waals surface area contributed by atoms with E-state index < -0.39 is 5.91 Å². The number of fused-ring (bicyclic) bond motifs is 1. The van der Waals surface area contributed by atoms with Crippen LogP contribution in [0.4, 0.5) is 0 Å². The smallest absolute Gasteiger partial charge is 0.252 e.